The van der Waals surface area contributed by atoms with Crippen LogP contribution in [0.2, 0.25) is 0 Å². The van der Waals surface area contributed by atoms with Gasteiger partial charge in [-0.15, -0.1) is 0 Å². The number of carbonyl (C=O) groups excluding carboxylic acids is 1. The third kappa shape index (κ3) is 2.58. The Morgan fingerprint density at radius 1 is 1.35 bits per heavy atom. The maximum atomic E-state index is 11.8. The maximum Gasteiger partial charge on any atom is 0.411 e. The summed E-state index contributed by atoms with van der Waals surface area (Å²) >= 11 is 1.50. The largest absolute Gasteiger partial charge is 0.465 e. The monoisotopic (exact) mass is 296 g/mol. The topological polar surface area (TPSA) is 78.9 Å². The number of anilines is 1. The standard InChI is InChI=1S/C13H16N2O4S/c16-12(14-8-3-4-20-7-8)19-11-5-9-1-2-10(6-11)15(9)13(17)18/h3-4,7,9-11H,1-2,5-6H2,(H,14,16)(H,17,18)/t9-,10+,11?. The zero-order chi connectivity index (χ0) is 14.1. The molecule has 108 valence electrons. The minimum absolute atomic E-state index is 0.00908. The van der Waals surface area contributed by atoms with Crippen molar-refractivity contribution in [2.75, 3.05) is 5.32 Å². The van der Waals surface area contributed by atoms with E-state index in [1.807, 2.05) is 16.8 Å². The number of hydrogen-bond acceptors (Lipinski definition) is 4. The van der Waals surface area contributed by atoms with Gasteiger partial charge in [-0.1, -0.05) is 0 Å². The number of nitrogens with one attached hydrogen (secondary N) is 1. The number of rotatable bonds is 2. The molecule has 0 saturated carbocycles. The second-order valence-electron chi connectivity index (χ2n) is 5.21. The second kappa shape index (κ2) is 5.32. The third-order valence-electron chi connectivity index (χ3n) is 3.95. The highest BCUT2D eigenvalue weighted by Crippen LogP contribution is 2.36. The molecule has 2 fully saturated rings. The summed E-state index contributed by atoms with van der Waals surface area (Å²) < 4.78 is 5.41. The van der Waals surface area contributed by atoms with Gasteiger partial charge in [0, 0.05) is 30.3 Å². The molecule has 2 aliphatic rings. The van der Waals surface area contributed by atoms with Crippen molar-refractivity contribution in [3.8, 4) is 0 Å². The predicted molar refractivity (Wildman–Crippen MR) is 74.1 cm³/mol. The molecular formula is C13H16N2O4S. The number of nitrogens with zero attached hydrogens (tertiary/aromatic N) is 1. The second-order valence-corrected chi connectivity index (χ2v) is 5.99. The van der Waals surface area contributed by atoms with E-state index in [-0.39, 0.29) is 18.2 Å². The molecule has 7 heteroatoms. The van der Waals surface area contributed by atoms with Crippen LogP contribution in [0.1, 0.15) is 25.7 Å². The molecule has 3 heterocycles. The molecule has 6 nitrogen and oxygen atoms in total. The van der Waals surface area contributed by atoms with Crippen molar-refractivity contribution in [1.82, 2.24) is 4.90 Å². The van der Waals surface area contributed by atoms with E-state index < -0.39 is 12.2 Å². The summed E-state index contributed by atoms with van der Waals surface area (Å²) in [7, 11) is 0. The van der Waals surface area contributed by atoms with Crippen molar-refractivity contribution in [2.24, 2.45) is 0 Å². The molecule has 0 aliphatic carbocycles. The number of carbonyl (C=O) groups is 2. The summed E-state index contributed by atoms with van der Waals surface area (Å²) in [5.74, 6) is 0. The molecule has 2 bridgehead atoms. The van der Waals surface area contributed by atoms with Crippen LogP contribution in [0.4, 0.5) is 15.3 Å². The number of piperidine rings is 1. The lowest BCUT2D eigenvalue weighted by molar-refractivity contribution is 0.0274. The van der Waals surface area contributed by atoms with Gasteiger partial charge in [0.2, 0.25) is 0 Å². The Balaban J connectivity index is 1.55. The van der Waals surface area contributed by atoms with Gasteiger partial charge in [-0.05, 0) is 24.3 Å². The van der Waals surface area contributed by atoms with Crippen LogP contribution in [0.3, 0.4) is 0 Å². The highest BCUT2D eigenvalue weighted by molar-refractivity contribution is 7.08. The van der Waals surface area contributed by atoms with E-state index in [1.165, 1.54) is 16.2 Å². The first kappa shape index (κ1) is 13.2. The summed E-state index contributed by atoms with van der Waals surface area (Å²) in [6.07, 6.45) is 1.41. The summed E-state index contributed by atoms with van der Waals surface area (Å²) in [4.78, 5) is 24.5. The van der Waals surface area contributed by atoms with Gasteiger partial charge in [0.05, 0.1) is 5.69 Å². The number of hydrogen-bond donors (Lipinski definition) is 2. The van der Waals surface area contributed by atoms with Crippen LogP contribution in [0, 0.1) is 0 Å². The van der Waals surface area contributed by atoms with Crippen molar-refractivity contribution in [2.45, 2.75) is 43.9 Å². The summed E-state index contributed by atoms with van der Waals surface area (Å²) in [6, 6.07) is 1.79. The van der Waals surface area contributed by atoms with Crippen LogP contribution in [0.5, 0.6) is 0 Å². The molecular weight excluding hydrogens is 280 g/mol. The maximum absolute atomic E-state index is 11.8. The fourth-order valence-electron chi connectivity index (χ4n) is 3.17. The minimum atomic E-state index is -0.862. The number of carboxylic acid groups (broad SMARTS) is 1. The predicted octanol–water partition coefficient (Wildman–Crippen LogP) is 2.97. The molecule has 1 aromatic heterocycles. The Morgan fingerprint density at radius 3 is 2.60 bits per heavy atom. The summed E-state index contributed by atoms with van der Waals surface area (Å²) in [6.45, 7) is 0. The first-order chi connectivity index (χ1) is 9.63. The molecule has 3 rings (SSSR count). The summed E-state index contributed by atoms with van der Waals surface area (Å²) in [5.41, 5.74) is 0.728. The number of ether oxygens (including phenoxy) is 1. The van der Waals surface area contributed by atoms with Gasteiger partial charge in [0.25, 0.3) is 0 Å². The summed E-state index contributed by atoms with van der Waals surface area (Å²) in [5, 5.41) is 15.5. The smallest absolute Gasteiger partial charge is 0.411 e. The minimum Gasteiger partial charge on any atom is -0.465 e. The van der Waals surface area contributed by atoms with Crippen LogP contribution in [-0.2, 0) is 4.74 Å². The lowest BCUT2D eigenvalue weighted by Gasteiger charge is -2.36. The molecule has 0 radical (unpaired) electrons. The third-order valence-corrected chi connectivity index (χ3v) is 4.64. The van der Waals surface area contributed by atoms with Crippen LogP contribution in [0.15, 0.2) is 16.8 Å². The number of amides is 2. The lowest BCUT2D eigenvalue weighted by atomic mass is 10.0. The lowest BCUT2D eigenvalue weighted by Crippen LogP contribution is -2.48. The molecule has 2 saturated heterocycles. The number of thiophene rings is 1. The van der Waals surface area contributed by atoms with Crippen molar-refractivity contribution in [3.05, 3.63) is 16.8 Å². The Kier molecular flexibility index (Phi) is 3.52. The highest BCUT2D eigenvalue weighted by atomic mass is 32.1. The van der Waals surface area contributed by atoms with Gasteiger partial charge < -0.3 is 14.7 Å². The molecule has 3 atom stereocenters. The Morgan fingerprint density at radius 2 is 2.05 bits per heavy atom. The molecule has 20 heavy (non-hydrogen) atoms. The fraction of sp³-hybridized carbons (Fsp3) is 0.538. The first-order valence-electron chi connectivity index (χ1n) is 6.64. The Bertz CT molecular complexity index is 490. The van der Waals surface area contributed by atoms with E-state index >= 15 is 0 Å². The van der Waals surface area contributed by atoms with E-state index in [4.69, 9.17) is 9.84 Å². The Labute approximate surface area is 120 Å². The van der Waals surface area contributed by atoms with Gasteiger partial charge in [-0.2, -0.15) is 11.3 Å². The quantitative estimate of drug-likeness (QED) is 0.879. The van der Waals surface area contributed by atoms with Gasteiger partial charge in [-0.3, -0.25) is 5.32 Å². The van der Waals surface area contributed by atoms with E-state index in [0.29, 0.717) is 12.8 Å². The van der Waals surface area contributed by atoms with Crippen LogP contribution in [-0.4, -0.2) is 40.4 Å². The molecule has 1 unspecified atom stereocenters. The van der Waals surface area contributed by atoms with E-state index in [1.54, 1.807) is 0 Å². The van der Waals surface area contributed by atoms with E-state index in [0.717, 1.165) is 18.5 Å². The first-order valence-corrected chi connectivity index (χ1v) is 7.59. The van der Waals surface area contributed by atoms with Crippen LogP contribution in [0.25, 0.3) is 0 Å². The average Bonchev–Trinajstić information content (AvgIpc) is 2.96. The molecule has 0 aromatic carbocycles. The number of fused-ring (bicyclic) bond motifs is 2. The highest BCUT2D eigenvalue weighted by Gasteiger charge is 2.44. The zero-order valence-corrected chi connectivity index (χ0v) is 11.6. The SMILES string of the molecule is O=C(Nc1ccsc1)OC1C[C@H]2CC[C@@H](C1)N2C(=O)O. The molecule has 0 spiro atoms. The van der Waals surface area contributed by atoms with Crippen molar-refractivity contribution in [3.63, 3.8) is 0 Å². The molecule has 1 aromatic rings. The van der Waals surface area contributed by atoms with Gasteiger partial charge in [0.1, 0.15) is 6.10 Å². The van der Waals surface area contributed by atoms with Crippen molar-refractivity contribution in [1.29, 1.82) is 0 Å². The fourth-order valence-corrected chi connectivity index (χ4v) is 3.76. The van der Waals surface area contributed by atoms with Crippen LogP contribution < -0.4 is 5.32 Å². The van der Waals surface area contributed by atoms with Gasteiger partial charge in [0.15, 0.2) is 0 Å². The van der Waals surface area contributed by atoms with Gasteiger partial charge in [-0.25, -0.2) is 9.59 Å². The molecule has 2 N–H and O–H groups in total. The van der Waals surface area contributed by atoms with Crippen molar-refractivity contribution < 1.29 is 19.4 Å². The average molecular weight is 296 g/mol. The van der Waals surface area contributed by atoms with E-state index in [2.05, 4.69) is 5.32 Å². The zero-order valence-electron chi connectivity index (χ0n) is 10.8. The molecule has 2 aliphatic heterocycles. The van der Waals surface area contributed by atoms with Gasteiger partial charge >= 0.3 is 12.2 Å². The molecule has 2 amide bonds. The van der Waals surface area contributed by atoms with Crippen LogP contribution >= 0.6 is 11.3 Å². The van der Waals surface area contributed by atoms with E-state index in [9.17, 15) is 9.59 Å². The normalized spacial score (nSPS) is 28.2. The Hall–Kier alpha value is -1.76. The van der Waals surface area contributed by atoms with Crippen molar-refractivity contribution >= 4 is 29.2 Å².